The number of halogens is 1. The van der Waals surface area contributed by atoms with E-state index in [1.807, 2.05) is 6.92 Å². The number of amides is 1. The predicted octanol–water partition coefficient (Wildman–Crippen LogP) is 2.62. The summed E-state index contributed by atoms with van der Waals surface area (Å²) in [5, 5.41) is 20.8. The number of nitrogens with one attached hydrogen (secondary N) is 1. The Labute approximate surface area is 148 Å². The van der Waals surface area contributed by atoms with Crippen molar-refractivity contribution in [1.29, 1.82) is 0 Å². The van der Waals surface area contributed by atoms with Crippen molar-refractivity contribution in [2.24, 2.45) is 0 Å². The lowest BCUT2D eigenvalue weighted by molar-refractivity contribution is -0.133. The minimum atomic E-state index is -0.920. The van der Waals surface area contributed by atoms with Crippen LogP contribution in [0.1, 0.15) is 36.1 Å². The molecular formula is C15H17ClN4O3S. The number of aliphatic carboxylic acids is 1. The first-order chi connectivity index (χ1) is 11.4. The molecule has 7 nitrogen and oxygen atoms in total. The van der Waals surface area contributed by atoms with Crippen molar-refractivity contribution < 1.29 is 14.7 Å². The van der Waals surface area contributed by atoms with Gasteiger partial charge in [-0.1, -0.05) is 23.4 Å². The third-order valence-electron chi connectivity index (χ3n) is 3.23. The maximum atomic E-state index is 12.3. The molecule has 0 aliphatic heterocycles. The Morgan fingerprint density at radius 2 is 2.00 bits per heavy atom. The van der Waals surface area contributed by atoms with E-state index in [0.717, 1.165) is 11.8 Å². The minimum absolute atomic E-state index is 0.0936. The van der Waals surface area contributed by atoms with Crippen LogP contribution in [-0.4, -0.2) is 37.5 Å². The van der Waals surface area contributed by atoms with E-state index >= 15 is 0 Å². The van der Waals surface area contributed by atoms with Crippen LogP contribution in [0.2, 0.25) is 5.02 Å². The lowest BCUT2D eigenvalue weighted by Gasteiger charge is -2.15. The van der Waals surface area contributed by atoms with Gasteiger partial charge in [-0.05, 0) is 38.1 Å². The van der Waals surface area contributed by atoms with Gasteiger partial charge in [0.15, 0.2) is 11.0 Å². The summed E-state index contributed by atoms with van der Waals surface area (Å²) in [4.78, 5) is 23.0. The molecule has 1 amide bonds. The fraction of sp³-hybridized carbons (Fsp3) is 0.333. The number of carboxylic acids is 1. The molecule has 1 aromatic heterocycles. The second kappa shape index (κ2) is 8.16. The average Bonchev–Trinajstić information content (AvgIpc) is 2.96. The van der Waals surface area contributed by atoms with Crippen LogP contribution >= 0.6 is 23.4 Å². The van der Waals surface area contributed by atoms with E-state index in [9.17, 15) is 9.59 Å². The maximum Gasteiger partial charge on any atom is 0.313 e. The van der Waals surface area contributed by atoms with E-state index in [1.165, 1.54) is 0 Å². The van der Waals surface area contributed by atoms with Gasteiger partial charge in [0.05, 0.1) is 11.8 Å². The molecule has 1 heterocycles. The molecule has 1 atom stereocenters. The molecule has 0 spiro atoms. The number of thioether (sulfide) groups is 1. The molecule has 0 aliphatic carbocycles. The second-order valence-electron chi connectivity index (χ2n) is 4.97. The second-order valence-corrected chi connectivity index (χ2v) is 6.35. The van der Waals surface area contributed by atoms with E-state index in [-0.39, 0.29) is 17.7 Å². The zero-order valence-electron chi connectivity index (χ0n) is 13.2. The normalized spacial score (nSPS) is 12.0. The summed E-state index contributed by atoms with van der Waals surface area (Å²) in [7, 11) is 0. The number of aromatic nitrogens is 3. The van der Waals surface area contributed by atoms with E-state index in [4.69, 9.17) is 16.7 Å². The topological polar surface area (TPSA) is 97.1 Å². The number of benzene rings is 1. The van der Waals surface area contributed by atoms with E-state index in [1.54, 1.807) is 35.8 Å². The molecule has 9 heteroatoms. The molecule has 2 N–H and O–H groups in total. The fourth-order valence-corrected chi connectivity index (χ4v) is 2.95. The third-order valence-corrected chi connectivity index (χ3v) is 4.43. The van der Waals surface area contributed by atoms with Gasteiger partial charge >= 0.3 is 5.97 Å². The number of carbonyl (C=O) groups is 2. The summed E-state index contributed by atoms with van der Waals surface area (Å²) in [6.07, 6.45) is 0. The average molecular weight is 369 g/mol. The summed E-state index contributed by atoms with van der Waals surface area (Å²) in [6, 6.07) is 6.21. The number of rotatable bonds is 7. The summed E-state index contributed by atoms with van der Waals surface area (Å²) >= 11 is 6.91. The molecule has 24 heavy (non-hydrogen) atoms. The quantitative estimate of drug-likeness (QED) is 0.729. The fourth-order valence-electron chi connectivity index (χ4n) is 2.10. The van der Waals surface area contributed by atoms with Gasteiger partial charge in [-0.3, -0.25) is 9.59 Å². The lowest BCUT2D eigenvalue weighted by Crippen LogP contribution is -2.28. The molecule has 0 fully saturated rings. The van der Waals surface area contributed by atoms with Crippen molar-refractivity contribution in [3.05, 3.63) is 40.7 Å². The van der Waals surface area contributed by atoms with Gasteiger partial charge < -0.3 is 15.0 Å². The highest BCUT2D eigenvalue weighted by atomic mass is 35.5. The largest absolute Gasteiger partial charge is 0.481 e. The number of nitrogens with zero attached hydrogens (tertiary/aromatic N) is 3. The van der Waals surface area contributed by atoms with Crippen LogP contribution in [0.25, 0.3) is 0 Å². The Balaban J connectivity index is 2.11. The van der Waals surface area contributed by atoms with Crippen LogP contribution in [0.5, 0.6) is 0 Å². The Bertz CT molecular complexity index is 733. The number of carbonyl (C=O) groups excluding carboxylic acids is 1. The van der Waals surface area contributed by atoms with Crippen LogP contribution in [0.3, 0.4) is 0 Å². The van der Waals surface area contributed by atoms with Crippen LogP contribution < -0.4 is 5.32 Å². The SMILES string of the molecule is CCn1c(SCC(=O)O)nnc1C(C)NC(=O)c1ccc(Cl)cc1. The predicted molar refractivity (Wildman–Crippen MR) is 91.4 cm³/mol. The first-order valence-corrected chi connectivity index (χ1v) is 8.62. The van der Waals surface area contributed by atoms with Crippen molar-refractivity contribution in [1.82, 2.24) is 20.1 Å². The Kier molecular flexibility index (Phi) is 6.22. The molecule has 0 aliphatic rings. The van der Waals surface area contributed by atoms with Crippen LogP contribution in [0, 0.1) is 0 Å². The van der Waals surface area contributed by atoms with E-state index in [2.05, 4.69) is 15.5 Å². The molecule has 128 valence electrons. The summed E-state index contributed by atoms with van der Waals surface area (Å²) in [5.41, 5.74) is 0.495. The molecule has 0 saturated carbocycles. The van der Waals surface area contributed by atoms with Gasteiger partial charge in [-0.25, -0.2) is 0 Å². The van der Waals surface area contributed by atoms with E-state index < -0.39 is 5.97 Å². The van der Waals surface area contributed by atoms with Crippen LogP contribution in [0.15, 0.2) is 29.4 Å². The molecule has 0 bridgehead atoms. The zero-order valence-corrected chi connectivity index (χ0v) is 14.8. The minimum Gasteiger partial charge on any atom is -0.481 e. The number of hydrogen-bond acceptors (Lipinski definition) is 5. The highest BCUT2D eigenvalue weighted by Gasteiger charge is 2.20. The molecule has 0 saturated heterocycles. The highest BCUT2D eigenvalue weighted by molar-refractivity contribution is 7.99. The first-order valence-electron chi connectivity index (χ1n) is 7.26. The van der Waals surface area contributed by atoms with Crippen LogP contribution in [0.4, 0.5) is 0 Å². The van der Waals surface area contributed by atoms with Gasteiger partial charge in [-0.15, -0.1) is 10.2 Å². The Morgan fingerprint density at radius 3 is 2.58 bits per heavy atom. The van der Waals surface area contributed by atoms with Gasteiger partial charge in [-0.2, -0.15) is 0 Å². The molecule has 1 unspecified atom stereocenters. The Morgan fingerprint density at radius 1 is 1.33 bits per heavy atom. The van der Waals surface area contributed by atoms with E-state index in [0.29, 0.717) is 28.1 Å². The third kappa shape index (κ3) is 4.48. The molecular weight excluding hydrogens is 352 g/mol. The van der Waals surface area contributed by atoms with Crippen molar-refractivity contribution in [2.75, 3.05) is 5.75 Å². The highest BCUT2D eigenvalue weighted by Crippen LogP contribution is 2.20. The summed E-state index contributed by atoms with van der Waals surface area (Å²) in [5.74, 6) is -0.683. The van der Waals surface area contributed by atoms with Gasteiger partial charge in [0.2, 0.25) is 0 Å². The molecule has 2 aromatic rings. The molecule has 1 aromatic carbocycles. The Hall–Kier alpha value is -2.06. The van der Waals surface area contributed by atoms with Gasteiger partial charge in [0.25, 0.3) is 5.91 Å². The molecule has 2 rings (SSSR count). The maximum absolute atomic E-state index is 12.3. The van der Waals surface area contributed by atoms with Gasteiger partial charge in [0, 0.05) is 17.1 Å². The number of carboxylic acid groups (broad SMARTS) is 1. The van der Waals surface area contributed by atoms with Crippen LogP contribution in [-0.2, 0) is 11.3 Å². The number of hydrogen-bond donors (Lipinski definition) is 2. The first kappa shape index (κ1) is 18.3. The zero-order chi connectivity index (χ0) is 17.7. The van der Waals surface area contributed by atoms with Crippen molar-refractivity contribution >= 4 is 35.2 Å². The smallest absolute Gasteiger partial charge is 0.313 e. The van der Waals surface area contributed by atoms with Crippen molar-refractivity contribution in [3.8, 4) is 0 Å². The molecule has 0 radical (unpaired) electrons. The summed E-state index contributed by atoms with van der Waals surface area (Å²) in [6.45, 7) is 4.28. The summed E-state index contributed by atoms with van der Waals surface area (Å²) < 4.78 is 1.79. The lowest BCUT2D eigenvalue weighted by atomic mass is 10.2. The van der Waals surface area contributed by atoms with Crippen molar-refractivity contribution in [3.63, 3.8) is 0 Å². The van der Waals surface area contributed by atoms with Gasteiger partial charge in [0.1, 0.15) is 0 Å². The van der Waals surface area contributed by atoms with Crippen molar-refractivity contribution in [2.45, 2.75) is 31.6 Å². The standard InChI is InChI=1S/C15H17ClN4O3S/c1-3-20-13(18-19-15(20)24-8-12(21)22)9(2)17-14(23)10-4-6-11(16)7-5-10/h4-7,9H,3,8H2,1-2H3,(H,17,23)(H,21,22). The monoisotopic (exact) mass is 368 g/mol.